The molecule has 1 saturated heterocycles. The molecule has 14 heteroatoms. The van der Waals surface area contributed by atoms with Crippen LogP contribution in [0.25, 0.3) is 0 Å². The van der Waals surface area contributed by atoms with E-state index in [0.29, 0.717) is 5.69 Å². The number of amides is 2. The minimum atomic E-state index is -4.14. The highest BCUT2D eigenvalue weighted by molar-refractivity contribution is 7.98. The number of anilines is 1. The van der Waals surface area contributed by atoms with Gasteiger partial charge in [0.25, 0.3) is 10.1 Å². The summed E-state index contributed by atoms with van der Waals surface area (Å²) in [6.07, 6.45) is -1.13. The van der Waals surface area contributed by atoms with E-state index in [0.717, 1.165) is 10.3 Å². The highest BCUT2D eigenvalue weighted by atomic mass is 32.2. The summed E-state index contributed by atoms with van der Waals surface area (Å²) in [5.41, 5.74) is 5.30. The van der Waals surface area contributed by atoms with E-state index in [4.69, 9.17) is 23.5 Å². The summed E-state index contributed by atoms with van der Waals surface area (Å²) in [5, 5.41) is 6.23. The molecule has 0 saturated carbocycles. The minimum Gasteiger partial charge on any atom is -0.414 e. The molecule has 2 heterocycles. The number of hydrogen-bond donors (Lipinski definition) is 3. The van der Waals surface area contributed by atoms with Gasteiger partial charge in [0.2, 0.25) is 0 Å². The van der Waals surface area contributed by atoms with Gasteiger partial charge in [0.1, 0.15) is 12.2 Å². The number of rotatable bonds is 8. The molecule has 2 aliphatic rings. The molecule has 41 heavy (non-hydrogen) atoms. The number of carbonyl (C=O) groups excluding carboxylic acids is 1. The second-order valence-corrected chi connectivity index (χ2v) is 25.5. The van der Waals surface area contributed by atoms with Crippen molar-refractivity contribution in [3.63, 3.8) is 0 Å². The molecular formula is C27H47N3O7S2Si2. The summed E-state index contributed by atoms with van der Waals surface area (Å²) < 4.78 is 51.1. The highest BCUT2D eigenvalue weighted by Crippen LogP contribution is 2.49. The molecule has 2 amide bonds. The zero-order valence-corrected chi connectivity index (χ0v) is 29.7. The number of hydrogen-bond acceptors (Lipinski definition) is 9. The van der Waals surface area contributed by atoms with E-state index in [1.54, 1.807) is 23.9 Å². The van der Waals surface area contributed by atoms with Gasteiger partial charge in [-0.2, -0.15) is 8.42 Å². The van der Waals surface area contributed by atoms with E-state index >= 15 is 0 Å². The Balaban J connectivity index is 2.01. The largest absolute Gasteiger partial charge is 0.414 e. The molecule has 4 N–H and O–H groups in total. The lowest BCUT2D eigenvalue weighted by molar-refractivity contribution is -0.0419. The molecule has 1 aromatic rings. The predicted molar refractivity (Wildman–Crippen MR) is 169 cm³/mol. The molecule has 0 aromatic heterocycles. The molecule has 1 fully saturated rings. The fourth-order valence-electron chi connectivity index (χ4n) is 4.11. The van der Waals surface area contributed by atoms with Gasteiger partial charge in [-0.25, -0.2) is 8.98 Å². The first kappa shape index (κ1) is 34.1. The summed E-state index contributed by atoms with van der Waals surface area (Å²) >= 11 is 1.60. The maximum absolute atomic E-state index is 13.2. The summed E-state index contributed by atoms with van der Waals surface area (Å²) in [4.78, 5) is 14.3. The minimum absolute atomic E-state index is 0.00780. The van der Waals surface area contributed by atoms with Gasteiger partial charge in [-0.1, -0.05) is 41.5 Å². The first-order chi connectivity index (χ1) is 18.5. The fraction of sp³-hybridized carbons (Fsp3) is 0.667. The number of ether oxygens (including phenoxy) is 1. The summed E-state index contributed by atoms with van der Waals surface area (Å²) in [7, 11) is -9.01. The second-order valence-electron chi connectivity index (χ2n) is 13.7. The number of nitrogens with one attached hydrogen (secondary N) is 2. The van der Waals surface area contributed by atoms with Crippen LogP contribution in [0.1, 0.15) is 41.5 Å². The molecule has 1 spiro atoms. The lowest BCUT2D eigenvalue weighted by Gasteiger charge is -2.43. The average Bonchev–Trinajstić information content (AvgIpc) is 3.22. The van der Waals surface area contributed by atoms with Crippen molar-refractivity contribution in [1.29, 1.82) is 0 Å². The molecule has 10 nitrogen and oxygen atoms in total. The number of nitrogens with two attached hydrogens (primary N) is 1. The Morgan fingerprint density at radius 1 is 1.05 bits per heavy atom. The topological polar surface area (TPSA) is 138 Å². The van der Waals surface area contributed by atoms with Gasteiger partial charge in [-0.05, 0) is 66.8 Å². The van der Waals surface area contributed by atoms with Crippen LogP contribution in [0.4, 0.5) is 10.5 Å². The maximum Gasteiger partial charge on any atom is 0.321 e. The van der Waals surface area contributed by atoms with Crippen LogP contribution in [-0.4, -0.2) is 68.0 Å². The van der Waals surface area contributed by atoms with Crippen LogP contribution < -0.4 is 16.4 Å². The molecule has 232 valence electrons. The van der Waals surface area contributed by atoms with Gasteiger partial charge < -0.3 is 30.0 Å². The SMILES string of the molecule is CSc1ccc(NC(=O)N[C@@H]2OC(CO[Si](C)(C)C(C)(C)C)C3(OS(=O)(=O)C=C3N)C2O[Si](C)(C)C(C)(C)C)cc1. The molecular weight excluding hydrogens is 599 g/mol. The maximum atomic E-state index is 13.2. The van der Waals surface area contributed by atoms with Crippen molar-refractivity contribution in [2.45, 2.75) is 107 Å². The van der Waals surface area contributed by atoms with Crippen LogP contribution in [0.3, 0.4) is 0 Å². The first-order valence-corrected chi connectivity index (χ1v) is 22.2. The van der Waals surface area contributed by atoms with Gasteiger partial charge in [-0.3, -0.25) is 0 Å². The Labute approximate surface area is 251 Å². The van der Waals surface area contributed by atoms with Crippen LogP contribution in [0.5, 0.6) is 0 Å². The molecule has 0 radical (unpaired) electrons. The Bertz CT molecular complexity index is 1260. The van der Waals surface area contributed by atoms with Crippen LogP contribution in [0.2, 0.25) is 36.3 Å². The number of urea groups is 1. The molecule has 0 bridgehead atoms. The Morgan fingerprint density at radius 3 is 2.07 bits per heavy atom. The summed E-state index contributed by atoms with van der Waals surface area (Å²) in [5.74, 6) is 0. The summed E-state index contributed by atoms with van der Waals surface area (Å²) in [6, 6.07) is 6.87. The normalized spacial score (nSPS) is 26.7. The van der Waals surface area contributed by atoms with Crippen LogP contribution in [-0.2, 0) is 27.9 Å². The third-order valence-corrected chi connectivity index (χ3v) is 19.5. The standard InChI is InChI=1S/C27H47N3O7S2Si2/c1-25(2,3)40(8,9)34-16-21-27(20(28)17-39(32,33)37-27)22(36-41(10,11)26(4,5)6)23(35-21)30-24(31)29-18-12-14-19(38-7)15-13-18/h12-15,17,21-23H,16,28H2,1-11H3,(H2,29,30,31)/t21?,22?,23-,27?/m1/s1. The van der Waals surface area contributed by atoms with Crippen LogP contribution in [0, 0.1) is 0 Å². The van der Waals surface area contributed by atoms with Crippen molar-refractivity contribution in [1.82, 2.24) is 5.32 Å². The lowest BCUT2D eigenvalue weighted by Crippen LogP contribution is -2.61. The molecule has 4 atom stereocenters. The Kier molecular flexibility index (Phi) is 9.65. The lowest BCUT2D eigenvalue weighted by atomic mass is 9.89. The Hall–Kier alpha value is -1.40. The third-order valence-electron chi connectivity index (χ3n) is 8.71. The number of thioether (sulfide) groups is 1. The molecule has 1 aromatic carbocycles. The van der Waals surface area contributed by atoms with Gasteiger partial charge in [-0.15, -0.1) is 11.8 Å². The molecule has 0 aliphatic carbocycles. The molecule has 3 rings (SSSR count). The quantitative estimate of drug-likeness (QED) is 0.188. The zero-order valence-electron chi connectivity index (χ0n) is 26.1. The van der Waals surface area contributed by atoms with Crippen molar-refractivity contribution in [2.75, 3.05) is 18.2 Å². The van der Waals surface area contributed by atoms with Gasteiger partial charge in [0.05, 0.1) is 17.7 Å². The van der Waals surface area contributed by atoms with Crippen LogP contribution in [0.15, 0.2) is 40.3 Å². The third kappa shape index (κ3) is 7.23. The summed E-state index contributed by atoms with van der Waals surface area (Å²) in [6.45, 7) is 20.8. The van der Waals surface area contributed by atoms with E-state index in [9.17, 15) is 13.2 Å². The zero-order chi connectivity index (χ0) is 31.2. The molecule has 2 aliphatic heterocycles. The van der Waals surface area contributed by atoms with Crippen molar-refractivity contribution < 1.29 is 31.0 Å². The van der Waals surface area contributed by atoms with Gasteiger partial charge >= 0.3 is 6.03 Å². The monoisotopic (exact) mass is 645 g/mol. The van der Waals surface area contributed by atoms with E-state index in [-0.39, 0.29) is 22.4 Å². The Morgan fingerprint density at radius 2 is 1.61 bits per heavy atom. The highest BCUT2D eigenvalue weighted by Gasteiger charge is 2.67. The predicted octanol–water partition coefficient (Wildman–Crippen LogP) is 5.57. The van der Waals surface area contributed by atoms with Crippen molar-refractivity contribution in [3.8, 4) is 0 Å². The van der Waals surface area contributed by atoms with Gasteiger partial charge in [0, 0.05) is 10.6 Å². The van der Waals surface area contributed by atoms with Crippen molar-refractivity contribution >= 4 is 50.2 Å². The number of carbonyl (C=O) groups is 1. The smallest absolute Gasteiger partial charge is 0.321 e. The van der Waals surface area contributed by atoms with E-state index in [1.807, 2.05) is 31.5 Å². The molecule has 3 unspecified atom stereocenters. The second kappa shape index (κ2) is 11.6. The average molecular weight is 646 g/mol. The fourth-order valence-corrected chi connectivity index (χ4v) is 8.03. The van der Waals surface area contributed by atoms with Gasteiger partial charge in [0.15, 0.2) is 28.5 Å². The first-order valence-electron chi connectivity index (χ1n) is 13.7. The van der Waals surface area contributed by atoms with Crippen LogP contribution >= 0.6 is 11.8 Å². The van der Waals surface area contributed by atoms with Crippen molar-refractivity contribution in [2.24, 2.45) is 5.73 Å². The van der Waals surface area contributed by atoms with E-state index < -0.39 is 56.8 Å². The van der Waals surface area contributed by atoms with E-state index in [2.05, 4.69) is 65.3 Å². The van der Waals surface area contributed by atoms with E-state index in [1.165, 1.54) is 0 Å². The van der Waals surface area contributed by atoms with Crippen molar-refractivity contribution in [3.05, 3.63) is 35.4 Å². The number of benzene rings is 1.